The summed E-state index contributed by atoms with van der Waals surface area (Å²) in [5.74, 6) is -1.13. The van der Waals surface area contributed by atoms with Crippen molar-refractivity contribution in [1.29, 1.82) is 0 Å². The molecule has 0 aromatic carbocycles. The van der Waals surface area contributed by atoms with Crippen LogP contribution in [0.25, 0.3) is 5.65 Å². The number of carbonyl (C=O) groups excluding carboxylic acids is 2. The Morgan fingerprint density at radius 1 is 1.28 bits per heavy atom. The summed E-state index contributed by atoms with van der Waals surface area (Å²) in [6, 6.07) is 2.73. The minimum absolute atomic E-state index is 0.0519. The molecule has 2 amide bonds. The zero-order valence-electron chi connectivity index (χ0n) is 13.5. The van der Waals surface area contributed by atoms with Crippen LogP contribution in [0.5, 0.6) is 0 Å². The van der Waals surface area contributed by atoms with Gasteiger partial charge in [-0.05, 0) is 25.0 Å². The molecule has 0 spiro atoms. The molecule has 0 radical (unpaired) electrons. The first-order valence-corrected chi connectivity index (χ1v) is 7.84. The highest BCUT2D eigenvalue weighted by Gasteiger charge is 2.48. The molecular formula is C16H17F3N4O2. The molecule has 3 rings (SSSR count). The van der Waals surface area contributed by atoms with Crippen LogP contribution in [-0.4, -0.2) is 50.9 Å². The van der Waals surface area contributed by atoms with Crippen LogP contribution in [-0.2, 0) is 4.79 Å². The first-order valence-electron chi connectivity index (χ1n) is 7.84. The predicted octanol–water partition coefficient (Wildman–Crippen LogP) is 2.01. The lowest BCUT2D eigenvalue weighted by Gasteiger charge is -2.40. The van der Waals surface area contributed by atoms with Gasteiger partial charge in [-0.25, -0.2) is 4.98 Å². The average molecular weight is 354 g/mol. The minimum atomic E-state index is -4.53. The fourth-order valence-corrected chi connectivity index (χ4v) is 3.13. The number of alkyl halides is 3. The molecule has 0 bridgehead atoms. The summed E-state index contributed by atoms with van der Waals surface area (Å²) in [7, 11) is 0. The zero-order chi connectivity index (χ0) is 18.2. The molecular weight excluding hydrogens is 337 g/mol. The molecule has 25 heavy (non-hydrogen) atoms. The third kappa shape index (κ3) is 3.59. The van der Waals surface area contributed by atoms with E-state index in [9.17, 15) is 22.8 Å². The van der Waals surface area contributed by atoms with E-state index in [2.05, 4.69) is 10.3 Å². The van der Waals surface area contributed by atoms with E-state index in [0.717, 1.165) is 4.90 Å². The van der Waals surface area contributed by atoms with Gasteiger partial charge in [0.25, 0.3) is 5.91 Å². The molecule has 2 aromatic heterocycles. The van der Waals surface area contributed by atoms with E-state index >= 15 is 0 Å². The largest absolute Gasteiger partial charge is 0.408 e. The lowest BCUT2D eigenvalue weighted by atomic mass is 9.97. The number of halogens is 3. The van der Waals surface area contributed by atoms with Crippen molar-refractivity contribution in [3.05, 3.63) is 36.3 Å². The summed E-state index contributed by atoms with van der Waals surface area (Å²) in [6.45, 7) is 1.10. The van der Waals surface area contributed by atoms with Gasteiger partial charge in [-0.3, -0.25) is 9.59 Å². The number of nitrogens with zero attached hydrogens (tertiary/aromatic N) is 3. The summed E-state index contributed by atoms with van der Waals surface area (Å²) >= 11 is 0. The Hall–Kier alpha value is -2.58. The summed E-state index contributed by atoms with van der Waals surface area (Å²) in [5.41, 5.74) is 0.425. The summed E-state index contributed by atoms with van der Waals surface area (Å²) in [5, 5.41) is 2.59. The lowest BCUT2D eigenvalue weighted by Crippen LogP contribution is -2.58. The highest BCUT2D eigenvalue weighted by atomic mass is 19.4. The van der Waals surface area contributed by atoms with Crippen molar-refractivity contribution in [1.82, 2.24) is 19.6 Å². The van der Waals surface area contributed by atoms with E-state index in [1.165, 1.54) is 13.1 Å². The molecule has 6 nitrogen and oxygen atoms in total. The van der Waals surface area contributed by atoms with E-state index in [0.29, 0.717) is 5.65 Å². The molecule has 0 aliphatic carbocycles. The second-order valence-corrected chi connectivity index (χ2v) is 6.08. The predicted molar refractivity (Wildman–Crippen MR) is 82.9 cm³/mol. The number of hydrogen-bond acceptors (Lipinski definition) is 3. The Labute approximate surface area is 141 Å². The van der Waals surface area contributed by atoms with Crippen molar-refractivity contribution in [2.45, 2.75) is 38.0 Å². The normalized spacial score (nSPS) is 21.4. The first-order chi connectivity index (χ1) is 11.8. The van der Waals surface area contributed by atoms with Gasteiger partial charge in [0.15, 0.2) is 0 Å². The van der Waals surface area contributed by atoms with E-state index in [1.807, 2.05) is 0 Å². The van der Waals surface area contributed by atoms with E-state index in [1.54, 1.807) is 28.8 Å². The van der Waals surface area contributed by atoms with E-state index in [4.69, 9.17) is 0 Å². The molecule has 1 aliphatic rings. The molecule has 1 aliphatic heterocycles. The van der Waals surface area contributed by atoms with Crippen LogP contribution in [0, 0.1) is 0 Å². The standard InChI is InChI=1S/C16H17F3N4O2/c1-10(24)20-11-5-6-13(16(17,18)19)23(8-11)15(25)12-9-22-7-3-2-4-14(22)21-12/h2-4,7,9,11,13H,5-6,8H2,1H3,(H,20,24). The third-order valence-corrected chi connectivity index (χ3v) is 4.21. The Balaban J connectivity index is 1.90. The number of amides is 2. The average Bonchev–Trinajstić information content (AvgIpc) is 2.96. The lowest BCUT2D eigenvalue weighted by molar-refractivity contribution is -0.184. The van der Waals surface area contributed by atoms with Gasteiger partial charge >= 0.3 is 6.18 Å². The number of aromatic nitrogens is 2. The van der Waals surface area contributed by atoms with Gasteiger partial charge < -0.3 is 14.6 Å². The van der Waals surface area contributed by atoms with Gasteiger partial charge in [0.05, 0.1) is 0 Å². The zero-order valence-corrected chi connectivity index (χ0v) is 13.5. The van der Waals surface area contributed by atoms with Crippen LogP contribution in [0.15, 0.2) is 30.6 Å². The maximum absolute atomic E-state index is 13.4. The summed E-state index contributed by atoms with van der Waals surface area (Å²) in [4.78, 5) is 28.8. The number of nitrogens with one attached hydrogen (secondary N) is 1. The highest BCUT2D eigenvalue weighted by molar-refractivity contribution is 5.93. The molecule has 1 saturated heterocycles. The number of likely N-dealkylation sites (tertiary alicyclic amines) is 1. The second kappa shape index (κ2) is 6.38. The Morgan fingerprint density at radius 3 is 2.68 bits per heavy atom. The topological polar surface area (TPSA) is 66.7 Å². The Bertz CT molecular complexity index is 769. The van der Waals surface area contributed by atoms with Crippen LogP contribution in [0.4, 0.5) is 13.2 Å². The van der Waals surface area contributed by atoms with Crippen LogP contribution < -0.4 is 5.32 Å². The number of rotatable bonds is 2. The third-order valence-electron chi connectivity index (χ3n) is 4.21. The molecule has 0 saturated carbocycles. The van der Waals surface area contributed by atoms with E-state index < -0.39 is 24.2 Å². The quantitative estimate of drug-likeness (QED) is 0.897. The first kappa shape index (κ1) is 17.2. The van der Waals surface area contributed by atoms with Crippen molar-refractivity contribution in [2.24, 2.45) is 0 Å². The van der Waals surface area contributed by atoms with Crippen molar-refractivity contribution in [2.75, 3.05) is 6.54 Å². The molecule has 1 N–H and O–H groups in total. The molecule has 134 valence electrons. The number of carbonyl (C=O) groups is 2. The molecule has 2 aromatic rings. The van der Waals surface area contributed by atoms with Crippen molar-refractivity contribution >= 4 is 17.5 Å². The monoisotopic (exact) mass is 354 g/mol. The summed E-state index contributed by atoms with van der Waals surface area (Å²) in [6.07, 6.45) is -1.55. The number of hydrogen-bond donors (Lipinski definition) is 1. The number of fused-ring (bicyclic) bond motifs is 1. The second-order valence-electron chi connectivity index (χ2n) is 6.08. The minimum Gasteiger partial charge on any atom is -0.352 e. The van der Waals surface area contributed by atoms with Gasteiger partial charge in [0.2, 0.25) is 5.91 Å². The van der Waals surface area contributed by atoms with Crippen molar-refractivity contribution in [3.8, 4) is 0 Å². The fraction of sp³-hybridized carbons (Fsp3) is 0.438. The van der Waals surface area contributed by atoms with Gasteiger partial charge in [0.1, 0.15) is 17.4 Å². The van der Waals surface area contributed by atoms with Crippen molar-refractivity contribution in [3.63, 3.8) is 0 Å². The van der Waals surface area contributed by atoms with Crippen LogP contribution in [0.3, 0.4) is 0 Å². The fourth-order valence-electron chi connectivity index (χ4n) is 3.13. The van der Waals surface area contributed by atoms with Crippen LogP contribution >= 0.6 is 0 Å². The molecule has 3 heterocycles. The molecule has 9 heteroatoms. The van der Waals surface area contributed by atoms with Crippen LogP contribution in [0.1, 0.15) is 30.3 Å². The van der Waals surface area contributed by atoms with E-state index in [-0.39, 0.29) is 31.0 Å². The highest BCUT2D eigenvalue weighted by Crippen LogP contribution is 2.33. The maximum atomic E-state index is 13.4. The summed E-state index contributed by atoms with van der Waals surface area (Å²) < 4.78 is 41.6. The SMILES string of the molecule is CC(=O)NC1CCC(C(F)(F)F)N(C(=O)c2cn3ccccc3n2)C1. The Kier molecular flexibility index (Phi) is 4.40. The van der Waals surface area contributed by atoms with Crippen LogP contribution in [0.2, 0.25) is 0 Å². The molecule has 2 atom stereocenters. The Morgan fingerprint density at radius 2 is 2.04 bits per heavy atom. The molecule has 1 fully saturated rings. The van der Waals surface area contributed by atoms with Crippen molar-refractivity contribution < 1.29 is 22.8 Å². The van der Waals surface area contributed by atoms with Gasteiger partial charge in [-0.2, -0.15) is 13.2 Å². The van der Waals surface area contributed by atoms with Gasteiger partial charge in [0, 0.05) is 31.9 Å². The number of pyridine rings is 1. The maximum Gasteiger partial charge on any atom is 0.408 e. The van der Waals surface area contributed by atoms with Gasteiger partial charge in [-0.1, -0.05) is 6.07 Å². The smallest absolute Gasteiger partial charge is 0.352 e. The van der Waals surface area contributed by atoms with Gasteiger partial charge in [-0.15, -0.1) is 0 Å². The number of imidazole rings is 1. The molecule has 2 unspecified atom stereocenters. The number of piperidine rings is 1.